The van der Waals surface area contributed by atoms with Crippen molar-refractivity contribution in [1.29, 1.82) is 0 Å². The fourth-order valence-corrected chi connectivity index (χ4v) is 4.08. The summed E-state index contributed by atoms with van der Waals surface area (Å²) in [6, 6.07) is 5.40. The van der Waals surface area contributed by atoms with Gasteiger partial charge in [0.05, 0.1) is 16.8 Å². The van der Waals surface area contributed by atoms with E-state index in [-0.39, 0.29) is 11.6 Å². The van der Waals surface area contributed by atoms with E-state index >= 15 is 0 Å². The van der Waals surface area contributed by atoms with Crippen molar-refractivity contribution >= 4 is 39.3 Å². The molecule has 0 bridgehead atoms. The molecule has 36 heavy (non-hydrogen) atoms. The van der Waals surface area contributed by atoms with Crippen molar-refractivity contribution in [2.75, 3.05) is 17.2 Å². The molecule has 0 aliphatic carbocycles. The number of hydrogen-bond donors (Lipinski definition) is 3. The second-order valence-corrected chi connectivity index (χ2v) is 8.70. The van der Waals surface area contributed by atoms with E-state index in [0.29, 0.717) is 29.5 Å². The number of allylic oxidation sites excluding steroid dienone is 2. The van der Waals surface area contributed by atoms with E-state index in [2.05, 4.69) is 20.9 Å². The fraction of sp³-hybridized carbons (Fsp3) is 0.167. The third-order valence-electron chi connectivity index (χ3n) is 5.21. The number of nitrogens with zero attached hydrogens (tertiary/aromatic N) is 1. The lowest BCUT2D eigenvalue weighted by atomic mass is 10.1. The van der Waals surface area contributed by atoms with Crippen molar-refractivity contribution in [3.63, 3.8) is 0 Å². The van der Waals surface area contributed by atoms with Gasteiger partial charge in [0.2, 0.25) is 0 Å². The number of nitrogens with one attached hydrogen (secondary N) is 3. The summed E-state index contributed by atoms with van der Waals surface area (Å²) in [5, 5.41) is 10.7. The van der Waals surface area contributed by atoms with E-state index in [4.69, 9.17) is 0 Å². The van der Waals surface area contributed by atoms with Gasteiger partial charge in [-0.3, -0.25) is 4.79 Å². The predicted octanol–water partition coefficient (Wildman–Crippen LogP) is 6.99. The van der Waals surface area contributed by atoms with Crippen LogP contribution in [0.5, 0.6) is 0 Å². The van der Waals surface area contributed by atoms with Gasteiger partial charge in [0.25, 0.3) is 5.91 Å². The molecule has 0 radical (unpaired) electrons. The molecule has 1 aromatic heterocycles. The Bertz CT molecular complexity index is 1330. The Labute approximate surface area is 205 Å². The second-order valence-electron chi connectivity index (χ2n) is 7.84. The first-order valence-corrected chi connectivity index (χ1v) is 11.3. The van der Waals surface area contributed by atoms with Crippen LogP contribution in [-0.2, 0) is 12.4 Å². The van der Waals surface area contributed by atoms with Crippen LogP contribution in [0.2, 0.25) is 0 Å². The topological polar surface area (TPSA) is 66.0 Å². The smallest absolute Gasteiger partial charge is 0.387 e. The maximum absolute atomic E-state index is 13.1. The van der Waals surface area contributed by atoms with Crippen LogP contribution >= 0.6 is 11.3 Å². The molecule has 0 unspecified atom stereocenters. The molecule has 1 amide bonds. The molecule has 188 valence electrons. The Morgan fingerprint density at radius 1 is 1.03 bits per heavy atom. The van der Waals surface area contributed by atoms with Crippen molar-refractivity contribution < 1.29 is 31.1 Å². The summed E-state index contributed by atoms with van der Waals surface area (Å²) in [6.07, 6.45) is -4.36. The minimum atomic E-state index is -5.02. The number of aromatic nitrogens is 1. The highest BCUT2D eigenvalue weighted by molar-refractivity contribution is 7.13. The summed E-state index contributed by atoms with van der Waals surface area (Å²) in [4.78, 5) is 17.3. The molecule has 2 aromatic carbocycles. The summed E-state index contributed by atoms with van der Waals surface area (Å²) in [6.45, 7) is 2.46. The minimum absolute atomic E-state index is 0.00150. The first-order valence-electron chi connectivity index (χ1n) is 10.4. The van der Waals surface area contributed by atoms with Gasteiger partial charge in [-0.2, -0.15) is 26.3 Å². The molecule has 12 heteroatoms. The van der Waals surface area contributed by atoms with E-state index < -0.39 is 35.1 Å². The lowest BCUT2D eigenvalue weighted by molar-refractivity contribution is -0.143. The van der Waals surface area contributed by atoms with Gasteiger partial charge in [-0.1, -0.05) is 12.1 Å². The van der Waals surface area contributed by atoms with Crippen molar-refractivity contribution in [2.24, 2.45) is 0 Å². The molecular weight excluding hydrogens is 506 g/mol. The van der Waals surface area contributed by atoms with Crippen LogP contribution in [0.15, 0.2) is 60.1 Å². The number of thiazole rings is 1. The molecule has 0 saturated heterocycles. The molecule has 3 aromatic rings. The number of carbonyl (C=O) groups excluding carboxylic acids is 1. The highest BCUT2D eigenvalue weighted by Gasteiger charge is 2.37. The van der Waals surface area contributed by atoms with Crippen LogP contribution < -0.4 is 16.0 Å². The van der Waals surface area contributed by atoms with Gasteiger partial charge in [0.1, 0.15) is 0 Å². The second kappa shape index (κ2) is 9.69. The van der Waals surface area contributed by atoms with Gasteiger partial charge in [0.15, 0.2) is 5.13 Å². The summed E-state index contributed by atoms with van der Waals surface area (Å²) in [5.74, 6) is -0.865. The molecule has 1 aliphatic rings. The van der Waals surface area contributed by atoms with E-state index in [9.17, 15) is 31.1 Å². The van der Waals surface area contributed by atoms with Gasteiger partial charge in [-0.15, -0.1) is 11.3 Å². The fourth-order valence-electron chi connectivity index (χ4n) is 3.35. The van der Waals surface area contributed by atoms with E-state index in [0.717, 1.165) is 16.8 Å². The first-order chi connectivity index (χ1) is 16.9. The first kappa shape index (κ1) is 25.3. The normalized spacial score (nSPS) is 13.7. The third-order valence-corrected chi connectivity index (χ3v) is 5.97. The van der Waals surface area contributed by atoms with Gasteiger partial charge in [0, 0.05) is 34.4 Å². The van der Waals surface area contributed by atoms with Crippen LogP contribution in [0.3, 0.4) is 0 Å². The van der Waals surface area contributed by atoms with E-state index in [1.165, 1.54) is 23.5 Å². The maximum Gasteiger partial charge on any atom is 0.416 e. The Hall–Kier alpha value is -3.80. The van der Waals surface area contributed by atoms with E-state index in [1.54, 1.807) is 13.0 Å². The largest absolute Gasteiger partial charge is 0.416 e. The molecule has 3 N–H and O–H groups in total. The molecule has 0 saturated carbocycles. The number of halogens is 6. The van der Waals surface area contributed by atoms with Crippen molar-refractivity contribution in [2.45, 2.75) is 19.3 Å². The molecule has 0 fully saturated rings. The maximum atomic E-state index is 13.1. The molecule has 0 atom stereocenters. The zero-order valence-corrected chi connectivity index (χ0v) is 19.3. The lowest BCUT2D eigenvalue weighted by Gasteiger charge is -2.15. The highest BCUT2D eigenvalue weighted by atomic mass is 32.1. The third kappa shape index (κ3) is 5.88. The Morgan fingerprint density at radius 3 is 2.33 bits per heavy atom. The van der Waals surface area contributed by atoms with Crippen LogP contribution in [0.25, 0.3) is 5.57 Å². The van der Waals surface area contributed by atoms with Crippen LogP contribution in [0, 0.1) is 6.92 Å². The van der Waals surface area contributed by atoms with Gasteiger partial charge < -0.3 is 16.0 Å². The molecule has 1 aliphatic heterocycles. The highest BCUT2D eigenvalue weighted by Crippen LogP contribution is 2.37. The number of carbonyl (C=O) groups is 1. The quantitative estimate of drug-likeness (QED) is 0.315. The van der Waals surface area contributed by atoms with Gasteiger partial charge in [-0.25, -0.2) is 4.98 Å². The Kier molecular flexibility index (Phi) is 6.81. The minimum Gasteiger partial charge on any atom is -0.387 e. The summed E-state index contributed by atoms with van der Waals surface area (Å²) < 4.78 is 78.7. The van der Waals surface area contributed by atoms with Crippen LogP contribution in [0.4, 0.5) is 42.8 Å². The summed E-state index contributed by atoms with van der Waals surface area (Å²) in [5.41, 5.74) is -0.644. The Balaban J connectivity index is 1.56. The Morgan fingerprint density at radius 2 is 1.72 bits per heavy atom. The predicted molar refractivity (Wildman–Crippen MR) is 126 cm³/mol. The SMILES string of the molecule is Cc1ccc(C(=O)Nc2cc(C(F)(F)F)cc(C(F)(F)F)c2)cc1Nc1nc(C2=CCNC=C2)cs1. The van der Waals surface area contributed by atoms with Gasteiger partial charge >= 0.3 is 12.4 Å². The zero-order chi connectivity index (χ0) is 26.1. The average molecular weight is 524 g/mol. The van der Waals surface area contributed by atoms with Crippen molar-refractivity contribution in [1.82, 2.24) is 10.3 Å². The number of hydrogen-bond acceptors (Lipinski definition) is 5. The molecule has 4 rings (SSSR count). The lowest BCUT2D eigenvalue weighted by Crippen LogP contribution is -2.16. The number of alkyl halides is 6. The molecule has 5 nitrogen and oxygen atoms in total. The molecule has 2 heterocycles. The van der Waals surface area contributed by atoms with Crippen molar-refractivity contribution in [3.05, 3.63) is 88.1 Å². The summed E-state index contributed by atoms with van der Waals surface area (Å²) in [7, 11) is 0. The van der Waals surface area contributed by atoms with Crippen molar-refractivity contribution in [3.8, 4) is 0 Å². The van der Waals surface area contributed by atoms with Crippen LogP contribution in [0.1, 0.15) is 32.7 Å². The van der Waals surface area contributed by atoms with Crippen LogP contribution in [-0.4, -0.2) is 17.4 Å². The number of benzene rings is 2. The average Bonchev–Trinajstić information content (AvgIpc) is 3.28. The number of aryl methyl sites for hydroxylation is 1. The summed E-state index contributed by atoms with van der Waals surface area (Å²) >= 11 is 1.34. The standard InChI is InChI=1S/C24H18F6N4OS/c1-13-2-3-15(8-19(13)33-22-34-20(12-36-22)14-4-6-31-7-5-14)21(35)32-18-10-16(23(25,26)27)9-17(11-18)24(28,29)30/h2-6,8-12,31H,7H2,1H3,(H,32,35)(H,33,34). The molecular formula is C24H18F6N4OS. The number of anilines is 3. The zero-order valence-electron chi connectivity index (χ0n) is 18.5. The molecule has 0 spiro atoms. The monoisotopic (exact) mass is 524 g/mol. The van der Waals surface area contributed by atoms with E-state index in [1.807, 2.05) is 23.7 Å². The number of amides is 1. The number of dihydropyridines is 1. The number of rotatable bonds is 5. The van der Waals surface area contributed by atoms with Gasteiger partial charge in [-0.05, 0) is 55.1 Å².